The minimum atomic E-state index is 0.465. The van der Waals surface area contributed by atoms with Crippen molar-refractivity contribution in [3.05, 3.63) is 36.1 Å². The van der Waals surface area contributed by atoms with E-state index < -0.39 is 0 Å². The summed E-state index contributed by atoms with van der Waals surface area (Å²) in [5.41, 5.74) is 1.03. The van der Waals surface area contributed by atoms with Gasteiger partial charge in [-0.05, 0) is 18.1 Å². The van der Waals surface area contributed by atoms with Crippen molar-refractivity contribution in [1.29, 1.82) is 0 Å². The van der Waals surface area contributed by atoms with Gasteiger partial charge in [-0.3, -0.25) is 0 Å². The Labute approximate surface area is 55.0 Å². The first kappa shape index (κ1) is 6.14. The Balaban J connectivity index is 2.74. The topological polar surface area (TPSA) is 20.2 Å². The quantitative estimate of drug-likeness (QED) is 0.566. The molecule has 1 N–H and O–H groups in total. The normalized spacial score (nSPS) is 18.2. The first-order valence-corrected chi connectivity index (χ1v) is 3.05. The van der Waals surface area contributed by atoms with Gasteiger partial charge in [-0.1, -0.05) is 18.7 Å². The van der Waals surface area contributed by atoms with Crippen molar-refractivity contribution in [1.82, 2.24) is 0 Å². The molecule has 0 atom stereocenters. The lowest BCUT2D eigenvalue weighted by molar-refractivity contribution is 0.387. The average Bonchev–Trinajstić information content (AvgIpc) is 1.88. The molecule has 48 valence electrons. The summed E-state index contributed by atoms with van der Waals surface area (Å²) in [4.78, 5) is 0. The van der Waals surface area contributed by atoms with Crippen LogP contribution >= 0.6 is 0 Å². The molecule has 1 aliphatic rings. The Morgan fingerprint density at radius 3 is 2.89 bits per heavy atom. The highest BCUT2D eigenvalue weighted by Crippen LogP contribution is 2.14. The van der Waals surface area contributed by atoms with Crippen LogP contribution in [0.3, 0.4) is 0 Å². The van der Waals surface area contributed by atoms with E-state index >= 15 is 0 Å². The average molecular weight is 122 g/mol. The number of allylic oxidation sites excluding steroid dienone is 5. The molecule has 1 heteroatoms. The predicted octanol–water partition coefficient (Wildman–Crippen LogP) is 2.33. The highest BCUT2D eigenvalue weighted by atomic mass is 16.3. The van der Waals surface area contributed by atoms with E-state index in [1.165, 1.54) is 0 Å². The van der Waals surface area contributed by atoms with Gasteiger partial charge in [-0.25, -0.2) is 0 Å². The van der Waals surface area contributed by atoms with E-state index in [1.807, 2.05) is 0 Å². The summed E-state index contributed by atoms with van der Waals surface area (Å²) >= 11 is 0. The Hall–Kier alpha value is -0.980. The summed E-state index contributed by atoms with van der Waals surface area (Å²) in [5, 5.41) is 8.98. The highest BCUT2D eigenvalue weighted by molar-refractivity contribution is 5.32. The summed E-state index contributed by atoms with van der Waals surface area (Å²) in [6.07, 6.45) is 7.26. The molecule has 0 fully saturated rings. The van der Waals surface area contributed by atoms with Gasteiger partial charge < -0.3 is 5.11 Å². The van der Waals surface area contributed by atoms with E-state index in [4.69, 9.17) is 5.11 Å². The number of aliphatic hydroxyl groups excluding tert-OH is 1. The maximum absolute atomic E-state index is 8.98. The molecule has 0 aromatic heterocycles. The minimum Gasteiger partial charge on any atom is -0.512 e. The molecule has 0 saturated carbocycles. The van der Waals surface area contributed by atoms with Gasteiger partial charge in [0.05, 0.1) is 5.76 Å². The van der Waals surface area contributed by atoms with Gasteiger partial charge in [0, 0.05) is 6.42 Å². The number of aliphatic hydroxyl groups is 1. The Morgan fingerprint density at radius 2 is 2.44 bits per heavy atom. The van der Waals surface area contributed by atoms with Crippen molar-refractivity contribution in [2.24, 2.45) is 0 Å². The lowest BCUT2D eigenvalue weighted by atomic mass is 10.1. The summed E-state index contributed by atoms with van der Waals surface area (Å²) in [5.74, 6) is 0.465. The van der Waals surface area contributed by atoms with Crippen molar-refractivity contribution in [2.45, 2.75) is 12.8 Å². The molecular formula is C8H10O. The minimum absolute atomic E-state index is 0.465. The van der Waals surface area contributed by atoms with Crippen molar-refractivity contribution < 1.29 is 5.11 Å². The molecule has 0 heterocycles. The zero-order valence-electron chi connectivity index (χ0n) is 5.30. The lowest BCUT2D eigenvalue weighted by Crippen LogP contribution is -1.88. The first-order valence-electron chi connectivity index (χ1n) is 3.05. The van der Waals surface area contributed by atoms with Crippen LogP contribution in [0.25, 0.3) is 0 Å². The van der Waals surface area contributed by atoms with E-state index in [0.29, 0.717) is 5.76 Å². The summed E-state index contributed by atoms with van der Waals surface area (Å²) in [7, 11) is 0. The first-order chi connectivity index (χ1) is 4.33. The highest BCUT2D eigenvalue weighted by Gasteiger charge is 1.98. The van der Waals surface area contributed by atoms with Gasteiger partial charge in [0.25, 0.3) is 0 Å². The third-order valence-corrected chi connectivity index (χ3v) is 1.35. The zero-order valence-corrected chi connectivity index (χ0v) is 5.30. The van der Waals surface area contributed by atoms with E-state index in [1.54, 1.807) is 12.2 Å². The molecule has 0 spiro atoms. The molecule has 0 unspecified atom stereocenters. The largest absolute Gasteiger partial charge is 0.512 e. The van der Waals surface area contributed by atoms with Gasteiger partial charge in [-0.2, -0.15) is 0 Å². The van der Waals surface area contributed by atoms with Crippen LogP contribution in [0, 0.1) is 0 Å². The molecule has 0 bridgehead atoms. The Bertz CT molecular complexity index is 175. The second kappa shape index (κ2) is 2.53. The third-order valence-electron chi connectivity index (χ3n) is 1.35. The molecule has 0 amide bonds. The fourth-order valence-electron chi connectivity index (χ4n) is 0.852. The van der Waals surface area contributed by atoms with Crippen LogP contribution < -0.4 is 0 Å². The van der Waals surface area contributed by atoms with Gasteiger partial charge in [0.15, 0.2) is 0 Å². The number of rotatable bonds is 1. The molecule has 0 radical (unpaired) electrons. The van der Waals surface area contributed by atoms with Gasteiger partial charge in [0.1, 0.15) is 0 Å². The molecular weight excluding hydrogens is 112 g/mol. The predicted molar refractivity (Wildman–Crippen MR) is 38.2 cm³/mol. The maximum atomic E-state index is 8.98. The second-order valence-electron chi connectivity index (χ2n) is 2.08. The molecule has 0 aliphatic heterocycles. The second-order valence-corrected chi connectivity index (χ2v) is 2.08. The van der Waals surface area contributed by atoms with Crippen molar-refractivity contribution >= 4 is 0 Å². The van der Waals surface area contributed by atoms with E-state index in [2.05, 4.69) is 12.7 Å². The van der Waals surface area contributed by atoms with E-state index in [-0.39, 0.29) is 0 Å². The Morgan fingerprint density at radius 1 is 1.67 bits per heavy atom. The Kier molecular flexibility index (Phi) is 1.73. The molecule has 0 aromatic rings. The molecule has 1 nitrogen and oxygen atoms in total. The van der Waals surface area contributed by atoms with Crippen LogP contribution in [0.2, 0.25) is 0 Å². The van der Waals surface area contributed by atoms with E-state index in [9.17, 15) is 0 Å². The van der Waals surface area contributed by atoms with Gasteiger partial charge in [-0.15, -0.1) is 0 Å². The lowest BCUT2D eigenvalue weighted by Gasteiger charge is -2.04. The van der Waals surface area contributed by atoms with Crippen LogP contribution in [-0.2, 0) is 0 Å². The molecule has 1 rings (SSSR count). The van der Waals surface area contributed by atoms with Crippen LogP contribution in [0.15, 0.2) is 36.1 Å². The fourth-order valence-corrected chi connectivity index (χ4v) is 0.852. The molecule has 1 aliphatic carbocycles. The zero-order chi connectivity index (χ0) is 6.69. The summed E-state index contributed by atoms with van der Waals surface area (Å²) < 4.78 is 0. The number of hydrogen-bond donors (Lipinski definition) is 1. The maximum Gasteiger partial charge on any atom is 0.0931 e. The van der Waals surface area contributed by atoms with Crippen LogP contribution in [-0.4, -0.2) is 5.11 Å². The third kappa shape index (κ3) is 1.46. The van der Waals surface area contributed by atoms with Gasteiger partial charge in [0.2, 0.25) is 0 Å². The summed E-state index contributed by atoms with van der Waals surface area (Å²) in [6.45, 7) is 3.59. The van der Waals surface area contributed by atoms with Crippen LogP contribution in [0.5, 0.6) is 0 Å². The smallest absolute Gasteiger partial charge is 0.0931 e. The van der Waals surface area contributed by atoms with Crippen molar-refractivity contribution in [3.63, 3.8) is 0 Å². The van der Waals surface area contributed by atoms with E-state index in [0.717, 1.165) is 18.4 Å². The SMILES string of the molecule is C=CC1=CCCC(O)=C1. The van der Waals surface area contributed by atoms with Crippen LogP contribution in [0.1, 0.15) is 12.8 Å². The fraction of sp³-hybridized carbons (Fsp3) is 0.250. The summed E-state index contributed by atoms with van der Waals surface area (Å²) in [6, 6.07) is 0. The van der Waals surface area contributed by atoms with Gasteiger partial charge >= 0.3 is 0 Å². The number of hydrogen-bond acceptors (Lipinski definition) is 1. The molecule has 9 heavy (non-hydrogen) atoms. The van der Waals surface area contributed by atoms with Crippen molar-refractivity contribution in [3.8, 4) is 0 Å². The molecule has 0 aromatic carbocycles. The van der Waals surface area contributed by atoms with Crippen LogP contribution in [0.4, 0.5) is 0 Å². The van der Waals surface area contributed by atoms with Crippen molar-refractivity contribution in [2.75, 3.05) is 0 Å². The standard InChI is InChI=1S/C8H10O/c1-2-7-4-3-5-8(9)6-7/h2,4,6,9H,1,3,5H2. The monoisotopic (exact) mass is 122 g/mol. The molecule has 0 saturated heterocycles.